The highest BCUT2D eigenvalue weighted by Gasteiger charge is 2.22. The number of nitrogens with two attached hydrogens (primary N) is 1. The molecule has 0 amide bonds. The molecule has 0 radical (unpaired) electrons. The first-order valence-corrected chi connectivity index (χ1v) is 6.92. The number of anilines is 1. The van der Waals surface area contributed by atoms with Crippen LogP contribution < -0.4 is 10.6 Å². The first kappa shape index (κ1) is 14.2. The van der Waals surface area contributed by atoms with Gasteiger partial charge >= 0.3 is 0 Å². The van der Waals surface area contributed by atoms with Gasteiger partial charge in [0.1, 0.15) is 5.84 Å². The van der Waals surface area contributed by atoms with E-state index in [1.165, 1.54) is 19.4 Å². The maximum Gasteiger partial charge on any atom is 0.124 e. The number of halogens is 1. The number of nitrogen functional groups attached to an aromatic ring is 1. The molecule has 1 aliphatic heterocycles. The van der Waals surface area contributed by atoms with E-state index in [1.807, 2.05) is 18.2 Å². The van der Waals surface area contributed by atoms with E-state index >= 15 is 0 Å². The van der Waals surface area contributed by atoms with E-state index in [-0.39, 0.29) is 5.84 Å². The van der Waals surface area contributed by atoms with Gasteiger partial charge in [-0.1, -0.05) is 11.6 Å². The van der Waals surface area contributed by atoms with Gasteiger partial charge in [0.25, 0.3) is 0 Å². The first-order chi connectivity index (χ1) is 8.99. The van der Waals surface area contributed by atoms with Gasteiger partial charge in [-0.15, -0.1) is 0 Å². The Morgan fingerprint density at radius 3 is 2.84 bits per heavy atom. The molecule has 1 aliphatic rings. The van der Waals surface area contributed by atoms with Crippen molar-refractivity contribution in [2.45, 2.75) is 18.9 Å². The second-order valence-corrected chi connectivity index (χ2v) is 5.64. The zero-order valence-electron chi connectivity index (χ0n) is 11.5. The van der Waals surface area contributed by atoms with E-state index < -0.39 is 0 Å². The maximum absolute atomic E-state index is 7.43. The topological polar surface area (TPSA) is 56.4 Å². The Labute approximate surface area is 119 Å². The molecule has 0 bridgehead atoms. The molecule has 1 saturated heterocycles. The lowest BCUT2D eigenvalue weighted by molar-refractivity contribution is 0.314. The third-order valence-electron chi connectivity index (χ3n) is 3.84. The van der Waals surface area contributed by atoms with Crippen LogP contribution in [0, 0.1) is 5.41 Å². The van der Waals surface area contributed by atoms with Gasteiger partial charge in [0.05, 0.1) is 5.02 Å². The molecular formula is C14H21ClN4. The second kappa shape index (κ2) is 5.80. The summed E-state index contributed by atoms with van der Waals surface area (Å²) in [5.74, 6) is 0.00901. The monoisotopic (exact) mass is 280 g/mol. The highest BCUT2D eigenvalue weighted by atomic mass is 35.5. The van der Waals surface area contributed by atoms with Crippen molar-refractivity contribution >= 4 is 23.1 Å². The third kappa shape index (κ3) is 3.19. The van der Waals surface area contributed by atoms with Gasteiger partial charge < -0.3 is 15.5 Å². The fraction of sp³-hybridized carbons (Fsp3) is 0.500. The van der Waals surface area contributed by atoms with Gasteiger partial charge in [0, 0.05) is 30.9 Å². The minimum atomic E-state index is 0.00901. The molecule has 1 aromatic carbocycles. The molecule has 0 aromatic heterocycles. The Morgan fingerprint density at radius 1 is 1.58 bits per heavy atom. The Morgan fingerprint density at radius 2 is 2.32 bits per heavy atom. The number of benzene rings is 1. The molecule has 3 N–H and O–H groups in total. The molecule has 2 rings (SSSR count). The summed E-state index contributed by atoms with van der Waals surface area (Å²) in [7, 11) is 4.25. The van der Waals surface area contributed by atoms with Crippen LogP contribution in [-0.2, 0) is 0 Å². The van der Waals surface area contributed by atoms with Crippen molar-refractivity contribution in [3.05, 3.63) is 28.8 Å². The molecule has 1 unspecified atom stereocenters. The molecule has 0 saturated carbocycles. The number of rotatable bonds is 4. The molecular weight excluding hydrogens is 260 g/mol. The summed E-state index contributed by atoms with van der Waals surface area (Å²) in [6.45, 7) is 2.18. The van der Waals surface area contributed by atoms with E-state index in [9.17, 15) is 0 Å². The number of likely N-dealkylation sites (tertiary alicyclic amines) is 1. The average molecular weight is 281 g/mol. The maximum atomic E-state index is 7.43. The average Bonchev–Trinajstić information content (AvgIpc) is 2.74. The summed E-state index contributed by atoms with van der Waals surface area (Å²) in [5, 5.41) is 7.97. The van der Waals surface area contributed by atoms with E-state index in [2.05, 4.69) is 23.9 Å². The molecule has 1 heterocycles. The molecule has 19 heavy (non-hydrogen) atoms. The van der Waals surface area contributed by atoms with Crippen molar-refractivity contribution in [3.8, 4) is 0 Å². The summed E-state index contributed by atoms with van der Waals surface area (Å²) in [4.78, 5) is 4.62. The van der Waals surface area contributed by atoms with Crippen molar-refractivity contribution in [1.82, 2.24) is 4.90 Å². The Hall–Kier alpha value is -1.26. The van der Waals surface area contributed by atoms with Gasteiger partial charge in [-0.3, -0.25) is 5.41 Å². The van der Waals surface area contributed by atoms with Crippen LogP contribution in [-0.4, -0.2) is 44.0 Å². The van der Waals surface area contributed by atoms with Crippen LogP contribution in [0.1, 0.15) is 18.4 Å². The molecule has 1 atom stereocenters. The highest BCUT2D eigenvalue weighted by molar-refractivity contribution is 6.34. The zero-order chi connectivity index (χ0) is 14.0. The molecule has 1 aromatic rings. The lowest BCUT2D eigenvalue weighted by Crippen LogP contribution is -2.36. The van der Waals surface area contributed by atoms with Gasteiger partial charge in [-0.05, 0) is 44.6 Å². The van der Waals surface area contributed by atoms with E-state index in [4.69, 9.17) is 22.7 Å². The predicted molar refractivity (Wildman–Crippen MR) is 81.4 cm³/mol. The Balaban J connectivity index is 2.09. The van der Waals surface area contributed by atoms with Gasteiger partial charge in [-0.2, -0.15) is 0 Å². The largest absolute Gasteiger partial charge is 0.384 e. The molecule has 104 valence electrons. The number of nitrogens with one attached hydrogen (secondary N) is 1. The van der Waals surface area contributed by atoms with E-state index in [0.29, 0.717) is 16.6 Å². The Bertz CT molecular complexity index is 475. The van der Waals surface area contributed by atoms with Gasteiger partial charge in [0.2, 0.25) is 0 Å². The van der Waals surface area contributed by atoms with E-state index in [0.717, 1.165) is 12.2 Å². The summed E-state index contributed by atoms with van der Waals surface area (Å²) in [6, 6.07) is 6.27. The summed E-state index contributed by atoms with van der Waals surface area (Å²) >= 11 is 6.16. The molecule has 4 nitrogen and oxygen atoms in total. The van der Waals surface area contributed by atoms with Crippen LogP contribution in [0.5, 0.6) is 0 Å². The Kier molecular flexibility index (Phi) is 4.32. The second-order valence-electron chi connectivity index (χ2n) is 5.24. The zero-order valence-corrected chi connectivity index (χ0v) is 12.2. The van der Waals surface area contributed by atoms with Crippen LogP contribution in [0.4, 0.5) is 5.69 Å². The van der Waals surface area contributed by atoms with E-state index in [1.54, 1.807) is 0 Å². The van der Waals surface area contributed by atoms with Gasteiger partial charge in [-0.25, -0.2) is 0 Å². The summed E-state index contributed by atoms with van der Waals surface area (Å²) in [5.41, 5.74) is 7.13. The number of hydrogen-bond donors (Lipinski definition) is 2. The van der Waals surface area contributed by atoms with Crippen LogP contribution >= 0.6 is 11.6 Å². The van der Waals surface area contributed by atoms with Crippen molar-refractivity contribution in [2.75, 3.05) is 32.1 Å². The molecule has 0 aliphatic carbocycles. The SMILES string of the molecule is CN(CC1CCCN1C)c1ccc(C(=N)N)c(Cl)c1. The first-order valence-electron chi connectivity index (χ1n) is 6.54. The van der Waals surface area contributed by atoms with Crippen LogP contribution in [0.3, 0.4) is 0 Å². The fourth-order valence-electron chi connectivity index (χ4n) is 2.59. The summed E-state index contributed by atoms with van der Waals surface area (Å²) < 4.78 is 0. The summed E-state index contributed by atoms with van der Waals surface area (Å²) in [6.07, 6.45) is 2.53. The van der Waals surface area contributed by atoms with Crippen molar-refractivity contribution in [2.24, 2.45) is 5.73 Å². The van der Waals surface area contributed by atoms with Crippen molar-refractivity contribution in [1.29, 1.82) is 5.41 Å². The minimum Gasteiger partial charge on any atom is -0.384 e. The standard InChI is InChI=1S/C14H21ClN4/c1-18-7-3-4-11(18)9-19(2)10-5-6-12(14(16)17)13(15)8-10/h5-6,8,11H,3-4,7,9H2,1-2H3,(H3,16,17). The van der Waals surface area contributed by atoms with Crippen LogP contribution in [0.15, 0.2) is 18.2 Å². The smallest absolute Gasteiger partial charge is 0.124 e. The normalized spacial score (nSPS) is 19.6. The number of likely N-dealkylation sites (N-methyl/N-ethyl adjacent to an activating group) is 2. The predicted octanol–water partition coefficient (Wildman–Crippen LogP) is 2.15. The quantitative estimate of drug-likeness (QED) is 0.656. The third-order valence-corrected chi connectivity index (χ3v) is 4.15. The van der Waals surface area contributed by atoms with Crippen molar-refractivity contribution in [3.63, 3.8) is 0 Å². The lowest BCUT2D eigenvalue weighted by atomic mass is 10.1. The highest BCUT2D eigenvalue weighted by Crippen LogP contribution is 2.24. The van der Waals surface area contributed by atoms with Gasteiger partial charge in [0.15, 0.2) is 0 Å². The number of nitrogens with zero attached hydrogens (tertiary/aromatic N) is 2. The van der Waals surface area contributed by atoms with Crippen LogP contribution in [0.2, 0.25) is 5.02 Å². The fourth-order valence-corrected chi connectivity index (χ4v) is 2.87. The number of amidine groups is 1. The minimum absolute atomic E-state index is 0.00901. The lowest BCUT2D eigenvalue weighted by Gasteiger charge is -2.27. The molecule has 5 heteroatoms. The van der Waals surface area contributed by atoms with Crippen LogP contribution in [0.25, 0.3) is 0 Å². The number of hydrogen-bond acceptors (Lipinski definition) is 3. The van der Waals surface area contributed by atoms with Crippen molar-refractivity contribution < 1.29 is 0 Å². The molecule has 1 fully saturated rings. The molecule has 0 spiro atoms.